The molecule has 0 aromatic carbocycles. The normalized spacial score (nSPS) is 23.6. The predicted octanol–water partition coefficient (Wildman–Crippen LogP) is 0.199. The number of carboxylic acid groups (broad SMARTS) is 1. The van der Waals surface area contributed by atoms with Gasteiger partial charge in [-0.25, -0.2) is 13.1 Å². The van der Waals surface area contributed by atoms with Crippen LogP contribution in [0.5, 0.6) is 0 Å². The van der Waals surface area contributed by atoms with E-state index in [1.165, 1.54) is 16.9 Å². The largest absolute Gasteiger partial charge is 0.481 e. The van der Waals surface area contributed by atoms with Crippen molar-refractivity contribution in [2.45, 2.75) is 24.3 Å². The smallest absolute Gasteiger partial charge is 0.306 e. The minimum atomic E-state index is -3.63. The van der Waals surface area contributed by atoms with Gasteiger partial charge in [0.25, 0.3) is 10.0 Å². The highest BCUT2D eigenvalue weighted by Gasteiger charge is 2.33. The molecule has 1 aromatic rings. The number of aryl methyl sites for hydroxylation is 1. The van der Waals surface area contributed by atoms with E-state index >= 15 is 0 Å². The molecule has 7 nitrogen and oxygen atoms in total. The van der Waals surface area contributed by atoms with E-state index in [9.17, 15) is 13.2 Å². The summed E-state index contributed by atoms with van der Waals surface area (Å²) in [5, 5.41) is 12.9. The number of aromatic nitrogens is 2. The summed E-state index contributed by atoms with van der Waals surface area (Å²) in [6.45, 7) is 0.157. The second kappa shape index (κ2) is 5.30. The Labute approximate surface area is 111 Å². The summed E-state index contributed by atoms with van der Waals surface area (Å²) in [5.41, 5.74) is 0. The number of carboxylic acids is 1. The van der Waals surface area contributed by atoms with E-state index in [2.05, 4.69) is 9.82 Å². The molecule has 1 saturated carbocycles. The summed E-state index contributed by atoms with van der Waals surface area (Å²) in [7, 11) is -2.08. The standard InChI is InChI=1S/C11H17N3O4S/c1-14-10(5-6-12-14)19(17,18)13-7-8-3-2-4-9(8)11(15)16/h5-6,8-9,13H,2-4,7H2,1H3,(H,15,16). The van der Waals surface area contributed by atoms with Gasteiger partial charge in [-0.15, -0.1) is 0 Å². The van der Waals surface area contributed by atoms with Gasteiger partial charge in [0.05, 0.1) is 12.1 Å². The molecule has 1 aromatic heterocycles. The second-order valence-corrected chi connectivity index (χ2v) is 6.49. The van der Waals surface area contributed by atoms with E-state index in [4.69, 9.17) is 5.11 Å². The van der Waals surface area contributed by atoms with Crippen LogP contribution in [0.25, 0.3) is 0 Å². The van der Waals surface area contributed by atoms with Gasteiger partial charge in [-0.05, 0) is 24.8 Å². The van der Waals surface area contributed by atoms with Gasteiger partial charge in [0.2, 0.25) is 0 Å². The molecule has 2 rings (SSSR count). The zero-order valence-corrected chi connectivity index (χ0v) is 11.4. The molecule has 1 aliphatic carbocycles. The molecule has 0 aliphatic heterocycles. The first-order valence-electron chi connectivity index (χ1n) is 6.12. The number of hydrogen-bond donors (Lipinski definition) is 2. The fourth-order valence-corrected chi connectivity index (χ4v) is 3.74. The maximum absolute atomic E-state index is 12.0. The summed E-state index contributed by atoms with van der Waals surface area (Å²) in [4.78, 5) is 11.0. The summed E-state index contributed by atoms with van der Waals surface area (Å²) in [6.07, 6.45) is 3.59. The Bertz CT molecular complexity index is 566. The Morgan fingerprint density at radius 3 is 2.89 bits per heavy atom. The Kier molecular flexibility index (Phi) is 3.91. The van der Waals surface area contributed by atoms with E-state index in [0.29, 0.717) is 6.42 Å². The van der Waals surface area contributed by atoms with Crippen LogP contribution in [0.2, 0.25) is 0 Å². The lowest BCUT2D eigenvalue weighted by molar-refractivity contribution is -0.142. The molecule has 2 atom stereocenters. The van der Waals surface area contributed by atoms with E-state index < -0.39 is 21.9 Å². The van der Waals surface area contributed by atoms with Crippen molar-refractivity contribution < 1.29 is 18.3 Å². The molecule has 0 bridgehead atoms. The summed E-state index contributed by atoms with van der Waals surface area (Å²) in [6, 6.07) is 1.41. The molecule has 1 aliphatic rings. The van der Waals surface area contributed by atoms with Crippen LogP contribution in [-0.2, 0) is 21.9 Å². The molecule has 0 amide bonds. The molecule has 2 unspecified atom stereocenters. The summed E-state index contributed by atoms with van der Waals surface area (Å²) >= 11 is 0. The number of nitrogens with one attached hydrogen (secondary N) is 1. The number of carbonyl (C=O) groups is 1. The Morgan fingerprint density at radius 2 is 2.32 bits per heavy atom. The van der Waals surface area contributed by atoms with E-state index in [-0.39, 0.29) is 17.5 Å². The number of rotatable bonds is 5. The molecular weight excluding hydrogens is 270 g/mol. The molecule has 0 radical (unpaired) electrons. The van der Waals surface area contributed by atoms with Gasteiger partial charge in [-0.1, -0.05) is 6.42 Å². The molecule has 0 spiro atoms. The lowest BCUT2D eigenvalue weighted by Gasteiger charge is -2.16. The van der Waals surface area contributed by atoms with Gasteiger partial charge in [-0.2, -0.15) is 5.10 Å². The molecule has 1 heterocycles. The van der Waals surface area contributed by atoms with E-state index in [0.717, 1.165) is 12.8 Å². The molecule has 8 heteroatoms. The summed E-state index contributed by atoms with van der Waals surface area (Å²) in [5.74, 6) is -1.43. The maximum atomic E-state index is 12.0. The highest BCUT2D eigenvalue weighted by atomic mass is 32.2. The number of aliphatic carboxylic acids is 1. The van der Waals surface area contributed by atoms with E-state index in [1.807, 2.05) is 0 Å². The highest BCUT2D eigenvalue weighted by molar-refractivity contribution is 7.89. The van der Waals surface area contributed by atoms with Crippen molar-refractivity contribution >= 4 is 16.0 Å². The quantitative estimate of drug-likeness (QED) is 0.805. The van der Waals surface area contributed by atoms with Crippen LogP contribution in [0.3, 0.4) is 0 Å². The van der Waals surface area contributed by atoms with Gasteiger partial charge >= 0.3 is 5.97 Å². The van der Waals surface area contributed by atoms with Crippen molar-refractivity contribution in [3.8, 4) is 0 Å². The van der Waals surface area contributed by atoms with Crippen molar-refractivity contribution in [3.63, 3.8) is 0 Å². The van der Waals surface area contributed by atoms with Gasteiger partial charge in [0, 0.05) is 13.6 Å². The molecule has 1 fully saturated rings. The van der Waals surface area contributed by atoms with Crippen molar-refractivity contribution in [3.05, 3.63) is 12.3 Å². The first-order chi connectivity index (χ1) is 8.92. The van der Waals surface area contributed by atoms with Crippen LogP contribution in [0.15, 0.2) is 17.3 Å². The van der Waals surface area contributed by atoms with Crippen LogP contribution in [0.4, 0.5) is 0 Å². The Hall–Kier alpha value is -1.41. The zero-order chi connectivity index (χ0) is 14.0. The lowest BCUT2D eigenvalue weighted by Crippen LogP contribution is -2.33. The van der Waals surface area contributed by atoms with Gasteiger partial charge in [-0.3, -0.25) is 9.48 Å². The first kappa shape index (κ1) is 14.0. The zero-order valence-electron chi connectivity index (χ0n) is 10.6. The topological polar surface area (TPSA) is 101 Å². The average Bonchev–Trinajstić information content (AvgIpc) is 2.94. The van der Waals surface area contributed by atoms with Crippen LogP contribution in [-0.4, -0.2) is 35.8 Å². The van der Waals surface area contributed by atoms with Crippen LogP contribution >= 0.6 is 0 Å². The van der Waals surface area contributed by atoms with Gasteiger partial charge < -0.3 is 5.11 Å². The number of hydrogen-bond acceptors (Lipinski definition) is 4. The third-order valence-electron chi connectivity index (χ3n) is 3.56. The lowest BCUT2D eigenvalue weighted by atomic mass is 9.97. The molecule has 106 valence electrons. The molecule has 19 heavy (non-hydrogen) atoms. The number of sulfonamides is 1. The van der Waals surface area contributed by atoms with Crippen molar-refractivity contribution in [2.24, 2.45) is 18.9 Å². The van der Waals surface area contributed by atoms with Gasteiger partial charge in [0.15, 0.2) is 5.03 Å². The SMILES string of the molecule is Cn1nccc1S(=O)(=O)NCC1CCCC1C(=O)O. The van der Waals surface area contributed by atoms with Crippen molar-refractivity contribution in [1.29, 1.82) is 0 Å². The first-order valence-corrected chi connectivity index (χ1v) is 7.60. The minimum Gasteiger partial charge on any atom is -0.481 e. The number of nitrogens with zero attached hydrogens (tertiary/aromatic N) is 2. The van der Waals surface area contributed by atoms with Gasteiger partial charge in [0.1, 0.15) is 0 Å². The second-order valence-electron chi connectivity index (χ2n) is 4.78. The third-order valence-corrected chi connectivity index (χ3v) is 5.06. The Balaban J connectivity index is 2.03. The Morgan fingerprint density at radius 1 is 1.58 bits per heavy atom. The predicted molar refractivity (Wildman–Crippen MR) is 66.9 cm³/mol. The molecule has 2 N–H and O–H groups in total. The van der Waals surface area contributed by atoms with Crippen LogP contribution < -0.4 is 4.72 Å². The fraction of sp³-hybridized carbons (Fsp3) is 0.636. The fourth-order valence-electron chi connectivity index (χ4n) is 2.52. The highest BCUT2D eigenvalue weighted by Crippen LogP contribution is 2.31. The summed E-state index contributed by atoms with van der Waals surface area (Å²) < 4.78 is 27.8. The average molecular weight is 287 g/mol. The molecule has 0 saturated heterocycles. The van der Waals surface area contributed by atoms with Crippen molar-refractivity contribution in [2.75, 3.05) is 6.54 Å². The molecular formula is C11H17N3O4S. The maximum Gasteiger partial charge on any atom is 0.306 e. The van der Waals surface area contributed by atoms with E-state index in [1.54, 1.807) is 7.05 Å². The van der Waals surface area contributed by atoms with Crippen LogP contribution in [0, 0.1) is 11.8 Å². The van der Waals surface area contributed by atoms with Crippen molar-refractivity contribution in [1.82, 2.24) is 14.5 Å². The third kappa shape index (κ3) is 2.95. The van der Waals surface area contributed by atoms with Crippen LogP contribution in [0.1, 0.15) is 19.3 Å². The monoisotopic (exact) mass is 287 g/mol. The minimum absolute atomic E-state index is 0.0809.